The van der Waals surface area contributed by atoms with Crippen LogP contribution in [-0.4, -0.2) is 39.5 Å². The van der Waals surface area contributed by atoms with E-state index in [1.54, 1.807) is 36.4 Å². The maximum Gasteiger partial charge on any atom is 0.265 e. The van der Waals surface area contributed by atoms with E-state index in [1.807, 2.05) is 5.01 Å². The molecule has 0 spiro atoms. The van der Waals surface area contributed by atoms with Crippen molar-refractivity contribution in [2.24, 2.45) is 0 Å². The molecule has 1 saturated heterocycles. The number of piperidine rings is 1. The van der Waals surface area contributed by atoms with E-state index in [4.69, 9.17) is 11.6 Å². The predicted octanol–water partition coefficient (Wildman–Crippen LogP) is 3.30. The van der Waals surface area contributed by atoms with Gasteiger partial charge in [-0.3, -0.25) is 14.5 Å². The van der Waals surface area contributed by atoms with Crippen LogP contribution in [-0.2, 0) is 10.0 Å². The van der Waals surface area contributed by atoms with Gasteiger partial charge in [0.25, 0.3) is 15.9 Å². The van der Waals surface area contributed by atoms with Gasteiger partial charge < -0.3 is 0 Å². The minimum Gasteiger partial charge on any atom is -0.285 e. The quantitative estimate of drug-likeness (QED) is 0.825. The first-order chi connectivity index (χ1) is 12.9. The summed E-state index contributed by atoms with van der Waals surface area (Å²) in [7, 11) is -2.36. The van der Waals surface area contributed by atoms with Gasteiger partial charge in [0.05, 0.1) is 10.6 Å². The second-order valence-electron chi connectivity index (χ2n) is 6.47. The van der Waals surface area contributed by atoms with Gasteiger partial charge in [0, 0.05) is 30.7 Å². The van der Waals surface area contributed by atoms with Crippen molar-refractivity contribution in [3.8, 4) is 0 Å². The molecule has 1 heterocycles. The van der Waals surface area contributed by atoms with Crippen LogP contribution < -0.4 is 9.73 Å². The molecule has 1 aliphatic rings. The van der Waals surface area contributed by atoms with Gasteiger partial charge in [-0.15, -0.1) is 0 Å². The summed E-state index contributed by atoms with van der Waals surface area (Å²) >= 11 is 5.97. The van der Waals surface area contributed by atoms with Crippen molar-refractivity contribution in [3.05, 3.63) is 59.1 Å². The van der Waals surface area contributed by atoms with Gasteiger partial charge in [-0.2, -0.15) is 0 Å². The first-order valence-electron chi connectivity index (χ1n) is 8.78. The van der Waals surface area contributed by atoms with Crippen molar-refractivity contribution in [2.45, 2.75) is 24.2 Å². The minimum atomic E-state index is -3.82. The molecule has 144 valence electrons. The van der Waals surface area contributed by atoms with Crippen LogP contribution in [0.5, 0.6) is 0 Å². The fourth-order valence-electron chi connectivity index (χ4n) is 2.98. The topological polar surface area (TPSA) is 69.7 Å². The average molecular weight is 408 g/mol. The van der Waals surface area contributed by atoms with E-state index >= 15 is 0 Å². The summed E-state index contributed by atoms with van der Waals surface area (Å²) in [6.07, 6.45) is 3.24. The molecule has 1 fully saturated rings. The summed E-state index contributed by atoms with van der Waals surface area (Å²) in [5.41, 5.74) is 3.61. The van der Waals surface area contributed by atoms with Crippen LogP contribution in [0.4, 0.5) is 5.69 Å². The Morgan fingerprint density at radius 2 is 1.78 bits per heavy atom. The molecule has 0 aromatic heterocycles. The maximum atomic E-state index is 12.9. The van der Waals surface area contributed by atoms with Crippen molar-refractivity contribution in [3.63, 3.8) is 0 Å². The second-order valence-corrected chi connectivity index (χ2v) is 8.87. The molecule has 6 nitrogen and oxygen atoms in total. The van der Waals surface area contributed by atoms with Gasteiger partial charge in [0.2, 0.25) is 0 Å². The fourth-order valence-corrected chi connectivity index (χ4v) is 4.40. The monoisotopic (exact) mass is 407 g/mol. The Hall–Kier alpha value is -2.09. The van der Waals surface area contributed by atoms with Crippen LogP contribution in [0.15, 0.2) is 53.4 Å². The minimum absolute atomic E-state index is 0.0521. The van der Waals surface area contributed by atoms with E-state index in [2.05, 4.69) is 5.43 Å². The molecule has 0 saturated carbocycles. The SMILES string of the molecule is CN(c1cccc(Cl)c1)S(=O)(=O)c1cccc(C(=O)NN2CCCCC2)c1. The summed E-state index contributed by atoms with van der Waals surface area (Å²) in [5, 5.41) is 2.33. The van der Waals surface area contributed by atoms with Crippen LogP contribution in [0.1, 0.15) is 29.6 Å². The maximum absolute atomic E-state index is 12.9. The molecule has 0 radical (unpaired) electrons. The Labute approximate surface area is 164 Å². The Bertz CT molecular complexity index is 927. The number of nitrogens with one attached hydrogen (secondary N) is 1. The van der Waals surface area contributed by atoms with Gasteiger partial charge in [-0.25, -0.2) is 13.4 Å². The molecule has 1 aliphatic heterocycles. The number of anilines is 1. The van der Waals surface area contributed by atoms with Gasteiger partial charge >= 0.3 is 0 Å². The number of sulfonamides is 1. The summed E-state index contributed by atoms with van der Waals surface area (Å²) in [5.74, 6) is -0.306. The lowest BCUT2D eigenvalue weighted by atomic mass is 10.1. The average Bonchev–Trinajstić information content (AvgIpc) is 2.68. The van der Waals surface area contributed by atoms with E-state index in [1.165, 1.54) is 19.2 Å². The molecule has 0 bridgehead atoms. The molecular weight excluding hydrogens is 386 g/mol. The van der Waals surface area contributed by atoms with Crippen LogP contribution >= 0.6 is 11.6 Å². The normalized spacial score (nSPS) is 15.3. The molecular formula is C19H22ClN3O3S. The molecule has 27 heavy (non-hydrogen) atoms. The van der Waals surface area contributed by atoms with E-state index in [-0.39, 0.29) is 10.8 Å². The number of benzene rings is 2. The van der Waals surface area contributed by atoms with Crippen molar-refractivity contribution in [2.75, 3.05) is 24.4 Å². The third-order valence-corrected chi connectivity index (χ3v) is 6.56. The number of hydrogen-bond donors (Lipinski definition) is 1. The van der Waals surface area contributed by atoms with Gasteiger partial charge in [-0.1, -0.05) is 30.2 Å². The first-order valence-corrected chi connectivity index (χ1v) is 10.6. The van der Waals surface area contributed by atoms with Gasteiger partial charge in [0.15, 0.2) is 0 Å². The van der Waals surface area contributed by atoms with Crippen molar-refractivity contribution in [1.82, 2.24) is 10.4 Å². The highest BCUT2D eigenvalue weighted by atomic mass is 35.5. The molecule has 0 unspecified atom stereocenters. The summed E-state index contributed by atoms with van der Waals surface area (Å²) in [6, 6.07) is 12.7. The number of nitrogens with zero attached hydrogens (tertiary/aromatic N) is 2. The molecule has 1 amide bonds. The number of hydrogen-bond acceptors (Lipinski definition) is 4. The summed E-state index contributed by atoms with van der Waals surface area (Å²) in [4.78, 5) is 12.6. The highest BCUT2D eigenvalue weighted by Gasteiger charge is 2.23. The highest BCUT2D eigenvalue weighted by Crippen LogP contribution is 2.25. The Kier molecular flexibility index (Phi) is 6.04. The van der Waals surface area contributed by atoms with Gasteiger partial charge in [-0.05, 0) is 49.2 Å². The zero-order chi connectivity index (χ0) is 19.4. The fraction of sp³-hybridized carbons (Fsp3) is 0.316. The van der Waals surface area contributed by atoms with Crippen molar-refractivity contribution in [1.29, 1.82) is 0 Å². The van der Waals surface area contributed by atoms with E-state index in [0.717, 1.165) is 36.7 Å². The predicted molar refractivity (Wildman–Crippen MR) is 106 cm³/mol. The third kappa shape index (κ3) is 4.61. The number of halogens is 1. The standard InChI is InChI=1S/C19H22ClN3O3S/c1-22(17-9-6-8-16(20)14-17)27(25,26)18-10-5-7-15(13-18)19(24)21-23-11-3-2-4-12-23/h5-10,13-14H,2-4,11-12H2,1H3,(H,21,24). The lowest BCUT2D eigenvalue weighted by molar-refractivity contribution is 0.0750. The molecule has 2 aromatic carbocycles. The van der Waals surface area contributed by atoms with Gasteiger partial charge in [0.1, 0.15) is 0 Å². The van der Waals surface area contributed by atoms with E-state index < -0.39 is 10.0 Å². The first kappa shape index (κ1) is 19.7. The largest absolute Gasteiger partial charge is 0.285 e. The smallest absolute Gasteiger partial charge is 0.265 e. The molecule has 0 atom stereocenters. The van der Waals surface area contributed by atoms with Crippen LogP contribution in [0.25, 0.3) is 0 Å². The molecule has 1 N–H and O–H groups in total. The van der Waals surface area contributed by atoms with Crippen LogP contribution in [0.2, 0.25) is 5.02 Å². The number of amides is 1. The Morgan fingerprint density at radius 1 is 1.07 bits per heavy atom. The summed E-state index contributed by atoms with van der Waals surface area (Å²) < 4.78 is 27.1. The lowest BCUT2D eigenvalue weighted by Crippen LogP contribution is -2.45. The molecule has 2 aromatic rings. The van der Waals surface area contributed by atoms with E-state index in [0.29, 0.717) is 16.3 Å². The molecule has 8 heteroatoms. The highest BCUT2D eigenvalue weighted by molar-refractivity contribution is 7.92. The Balaban J connectivity index is 1.82. The number of hydrazine groups is 1. The third-order valence-electron chi connectivity index (χ3n) is 4.54. The number of carbonyl (C=O) groups excluding carboxylic acids is 1. The van der Waals surface area contributed by atoms with E-state index in [9.17, 15) is 13.2 Å². The zero-order valence-corrected chi connectivity index (χ0v) is 16.6. The Morgan fingerprint density at radius 3 is 2.48 bits per heavy atom. The van der Waals surface area contributed by atoms with Crippen LogP contribution in [0, 0.1) is 0 Å². The number of carbonyl (C=O) groups is 1. The van der Waals surface area contributed by atoms with Crippen molar-refractivity contribution >= 4 is 33.2 Å². The van der Waals surface area contributed by atoms with Crippen LogP contribution in [0.3, 0.4) is 0 Å². The lowest BCUT2D eigenvalue weighted by Gasteiger charge is -2.27. The van der Waals surface area contributed by atoms with Crippen molar-refractivity contribution < 1.29 is 13.2 Å². The zero-order valence-electron chi connectivity index (χ0n) is 15.1. The molecule has 0 aliphatic carbocycles. The summed E-state index contributed by atoms with van der Waals surface area (Å²) in [6.45, 7) is 1.61. The molecule has 3 rings (SSSR count). The number of rotatable bonds is 5. The second kappa shape index (κ2) is 8.29.